The van der Waals surface area contributed by atoms with Crippen LogP contribution in [0.2, 0.25) is 0 Å². The Bertz CT molecular complexity index is 1100. The number of amides is 1. The molecule has 0 bridgehead atoms. The molecule has 0 fully saturated rings. The summed E-state index contributed by atoms with van der Waals surface area (Å²) in [7, 11) is 1.58. The molecule has 6 nitrogen and oxygen atoms in total. The minimum absolute atomic E-state index is 0.190. The number of methoxy groups -OCH3 is 1. The molecule has 1 aliphatic heterocycles. The average Bonchev–Trinajstić information content (AvgIpc) is 2.72. The Morgan fingerprint density at radius 3 is 2.83 bits per heavy atom. The summed E-state index contributed by atoms with van der Waals surface area (Å²) >= 11 is 0. The number of nitrogens with one attached hydrogen (secondary N) is 1. The number of aromatic nitrogens is 2. The maximum Gasteiger partial charge on any atom is 0.248 e. The number of aryl methyl sites for hydroxylation is 1. The van der Waals surface area contributed by atoms with E-state index in [1.54, 1.807) is 19.5 Å². The van der Waals surface area contributed by atoms with E-state index in [1.165, 1.54) is 11.3 Å². The van der Waals surface area contributed by atoms with Crippen LogP contribution in [0.4, 0.5) is 17.2 Å². The van der Waals surface area contributed by atoms with Crippen LogP contribution in [0.15, 0.2) is 54.4 Å². The second-order valence-electron chi connectivity index (χ2n) is 7.36. The lowest BCUT2D eigenvalue weighted by Crippen LogP contribution is -2.25. The maximum absolute atomic E-state index is 12.3. The fourth-order valence-electron chi connectivity index (χ4n) is 3.74. The number of hydrogen-bond donors (Lipinski definition) is 1. The number of nitrogens with zero attached hydrogens (tertiary/aromatic N) is 3. The van der Waals surface area contributed by atoms with Crippen molar-refractivity contribution in [2.75, 3.05) is 23.9 Å². The molecule has 148 valence electrons. The van der Waals surface area contributed by atoms with Crippen molar-refractivity contribution in [3.05, 3.63) is 59.9 Å². The van der Waals surface area contributed by atoms with Crippen molar-refractivity contribution in [2.45, 2.75) is 26.7 Å². The van der Waals surface area contributed by atoms with E-state index in [2.05, 4.69) is 44.5 Å². The molecular formula is C23H24N4O2. The molecule has 0 unspecified atom stereocenters. The Hall–Kier alpha value is -3.41. The van der Waals surface area contributed by atoms with E-state index in [9.17, 15) is 4.79 Å². The molecule has 2 heterocycles. The Balaban J connectivity index is 1.83. The van der Waals surface area contributed by atoms with Crippen LogP contribution in [0.1, 0.15) is 25.8 Å². The molecule has 0 spiro atoms. The number of carbonyl (C=O) groups excluding carboxylic acids is 1. The third kappa shape index (κ3) is 3.78. The van der Waals surface area contributed by atoms with Gasteiger partial charge in [0.05, 0.1) is 18.3 Å². The largest absolute Gasteiger partial charge is 0.494 e. The zero-order chi connectivity index (χ0) is 20.4. The van der Waals surface area contributed by atoms with E-state index in [-0.39, 0.29) is 5.91 Å². The van der Waals surface area contributed by atoms with Crippen LogP contribution in [0.5, 0.6) is 5.75 Å². The van der Waals surface area contributed by atoms with Crippen LogP contribution < -0.4 is 15.0 Å². The van der Waals surface area contributed by atoms with Crippen LogP contribution >= 0.6 is 0 Å². The molecule has 2 aromatic carbocycles. The van der Waals surface area contributed by atoms with Gasteiger partial charge >= 0.3 is 0 Å². The van der Waals surface area contributed by atoms with E-state index >= 15 is 0 Å². The molecule has 3 aromatic rings. The second-order valence-corrected chi connectivity index (χ2v) is 7.36. The van der Waals surface area contributed by atoms with Gasteiger partial charge in [-0.15, -0.1) is 0 Å². The van der Waals surface area contributed by atoms with Gasteiger partial charge in [-0.1, -0.05) is 23.8 Å². The molecule has 0 atom stereocenters. The van der Waals surface area contributed by atoms with Gasteiger partial charge in [0.2, 0.25) is 5.91 Å². The first-order valence-electron chi connectivity index (χ1n) is 9.71. The van der Waals surface area contributed by atoms with Crippen molar-refractivity contribution in [3.8, 4) is 5.75 Å². The van der Waals surface area contributed by atoms with Gasteiger partial charge in [-0.25, -0.2) is 9.97 Å². The van der Waals surface area contributed by atoms with Crippen molar-refractivity contribution in [1.29, 1.82) is 0 Å². The van der Waals surface area contributed by atoms with Crippen molar-refractivity contribution >= 4 is 34.0 Å². The molecule has 1 aromatic heterocycles. The van der Waals surface area contributed by atoms with Crippen molar-refractivity contribution in [1.82, 2.24) is 9.97 Å². The highest BCUT2D eigenvalue weighted by molar-refractivity contribution is 6.04. The van der Waals surface area contributed by atoms with Gasteiger partial charge in [0, 0.05) is 29.8 Å². The van der Waals surface area contributed by atoms with Gasteiger partial charge in [0.1, 0.15) is 17.9 Å². The Morgan fingerprint density at radius 2 is 2.03 bits per heavy atom. The smallest absolute Gasteiger partial charge is 0.248 e. The molecule has 1 N–H and O–H groups in total. The molecule has 29 heavy (non-hydrogen) atoms. The molecule has 0 radical (unpaired) electrons. The fourth-order valence-corrected chi connectivity index (χ4v) is 3.74. The molecule has 1 aliphatic rings. The van der Waals surface area contributed by atoms with Gasteiger partial charge in [-0.05, 0) is 44.4 Å². The van der Waals surface area contributed by atoms with E-state index in [4.69, 9.17) is 4.74 Å². The van der Waals surface area contributed by atoms with Gasteiger partial charge in [-0.2, -0.15) is 0 Å². The summed E-state index contributed by atoms with van der Waals surface area (Å²) in [4.78, 5) is 23.6. The van der Waals surface area contributed by atoms with Gasteiger partial charge < -0.3 is 15.0 Å². The lowest BCUT2D eigenvalue weighted by atomic mass is 10.0. The highest BCUT2D eigenvalue weighted by atomic mass is 16.5. The van der Waals surface area contributed by atoms with E-state index in [0.29, 0.717) is 11.4 Å². The normalized spacial score (nSPS) is 13.0. The van der Waals surface area contributed by atoms with Crippen LogP contribution in [0.25, 0.3) is 10.9 Å². The maximum atomic E-state index is 12.3. The third-order valence-corrected chi connectivity index (χ3v) is 4.98. The SMILES string of the molecule is COc1cc2ncnc(N3CCCc4ccccc43)c2cc1NC(=O)C=C(C)C. The second kappa shape index (κ2) is 7.91. The zero-order valence-corrected chi connectivity index (χ0v) is 16.9. The van der Waals surface area contributed by atoms with Crippen molar-refractivity contribution < 1.29 is 9.53 Å². The standard InChI is InChI=1S/C23H24N4O2/c1-15(2)11-22(28)26-19-12-17-18(13-21(19)29-3)24-14-25-23(17)27-10-6-8-16-7-4-5-9-20(16)27/h4-5,7,9,11-14H,6,8,10H2,1-3H3,(H,26,28). The first-order valence-corrected chi connectivity index (χ1v) is 9.71. The number of anilines is 3. The minimum Gasteiger partial charge on any atom is -0.494 e. The summed E-state index contributed by atoms with van der Waals surface area (Å²) in [5.41, 5.74) is 4.79. The lowest BCUT2D eigenvalue weighted by molar-refractivity contribution is -0.112. The highest BCUT2D eigenvalue weighted by Crippen LogP contribution is 2.38. The number of ether oxygens (including phenoxy) is 1. The number of rotatable bonds is 4. The van der Waals surface area contributed by atoms with E-state index in [0.717, 1.165) is 41.7 Å². The molecule has 0 saturated carbocycles. The Labute approximate surface area is 170 Å². The number of hydrogen-bond acceptors (Lipinski definition) is 5. The Morgan fingerprint density at radius 1 is 1.21 bits per heavy atom. The number of allylic oxidation sites excluding steroid dienone is 1. The zero-order valence-electron chi connectivity index (χ0n) is 16.9. The lowest BCUT2D eigenvalue weighted by Gasteiger charge is -2.31. The summed E-state index contributed by atoms with van der Waals surface area (Å²) in [6.07, 6.45) is 5.26. The molecule has 0 aliphatic carbocycles. The molecule has 4 rings (SSSR count). The topological polar surface area (TPSA) is 67.4 Å². The quantitative estimate of drug-likeness (QED) is 0.660. The first kappa shape index (κ1) is 18.9. The van der Waals surface area contributed by atoms with Crippen LogP contribution in [-0.4, -0.2) is 29.5 Å². The molecular weight excluding hydrogens is 364 g/mol. The first-order chi connectivity index (χ1) is 14.1. The predicted octanol–water partition coefficient (Wildman–Crippen LogP) is 4.63. The van der Waals surface area contributed by atoms with E-state index in [1.807, 2.05) is 26.0 Å². The number of carbonyl (C=O) groups is 1. The summed E-state index contributed by atoms with van der Waals surface area (Å²) in [5, 5.41) is 3.79. The summed E-state index contributed by atoms with van der Waals surface area (Å²) in [6, 6.07) is 12.2. The molecule has 6 heteroatoms. The average molecular weight is 388 g/mol. The Kier molecular flexibility index (Phi) is 5.16. The number of para-hydroxylation sites is 1. The van der Waals surface area contributed by atoms with Gasteiger partial charge in [-0.3, -0.25) is 4.79 Å². The van der Waals surface area contributed by atoms with Crippen LogP contribution in [0.3, 0.4) is 0 Å². The predicted molar refractivity (Wildman–Crippen MR) is 116 cm³/mol. The monoisotopic (exact) mass is 388 g/mol. The third-order valence-electron chi connectivity index (χ3n) is 4.98. The fraction of sp³-hybridized carbons (Fsp3) is 0.261. The summed E-state index contributed by atoms with van der Waals surface area (Å²) in [5.74, 6) is 1.21. The van der Waals surface area contributed by atoms with Crippen molar-refractivity contribution in [3.63, 3.8) is 0 Å². The highest BCUT2D eigenvalue weighted by Gasteiger charge is 2.22. The van der Waals surface area contributed by atoms with Crippen LogP contribution in [0, 0.1) is 0 Å². The summed E-state index contributed by atoms with van der Waals surface area (Å²) < 4.78 is 5.49. The van der Waals surface area contributed by atoms with Gasteiger partial charge in [0.15, 0.2) is 0 Å². The van der Waals surface area contributed by atoms with Crippen LogP contribution in [-0.2, 0) is 11.2 Å². The van der Waals surface area contributed by atoms with Gasteiger partial charge in [0.25, 0.3) is 0 Å². The van der Waals surface area contributed by atoms with E-state index < -0.39 is 0 Å². The summed E-state index contributed by atoms with van der Waals surface area (Å²) in [6.45, 7) is 4.66. The molecule has 0 saturated heterocycles. The minimum atomic E-state index is -0.190. The number of fused-ring (bicyclic) bond motifs is 2. The number of benzene rings is 2. The molecule has 1 amide bonds. The van der Waals surface area contributed by atoms with Crippen molar-refractivity contribution in [2.24, 2.45) is 0 Å².